The van der Waals surface area contributed by atoms with Gasteiger partial charge in [0, 0.05) is 19.7 Å². The van der Waals surface area contributed by atoms with E-state index in [0.29, 0.717) is 0 Å². The Kier molecular flexibility index (Phi) is 4.08. The van der Waals surface area contributed by atoms with Gasteiger partial charge in [-0.1, -0.05) is 6.92 Å². The van der Waals surface area contributed by atoms with Crippen LogP contribution in [0.5, 0.6) is 0 Å². The van der Waals surface area contributed by atoms with Crippen LogP contribution in [0.4, 0.5) is 0 Å². The molecule has 1 aliphatic heterocycles. The molecule has 1 aliphatic rings. The van der Waals surface area contributed by atoms with E-state index in [4.69, 9.17) is 4.74 Å². The Hall–Kier alpha value is -0.410. The van der Waals surface area contributed by atoms with Gasteiger partial charge in [0.05, 0.1) is 12.1 Å². The molecule has 1 atom stereocenters. The molecule has 0 aromatic rings. The summed E-state index contributed by atoms with van der Waals surface area (Å²) in [5.74, 6) is 0.266. The fourth-order valence-corrected chi connectivity index (χ4v) is 1.93. The zero-order valence-corrected chi connectivity index (χ0v) is 9.51. The molecular weight excluding hydrogens is 178 g/mol. The van der Waals surface area contributed by atoms with Crippen LogP contribution in [-0.4, -0.2) is 42.5 Å². The van der Waals surface area contributed by atoms with Gasteiger partial charge in [-0.05, 0) is 26.7 Å². The van der Waals surface area contributed by atoms with Gasteiger partial charge in [-0.25, -0.2) is 0 Å². The zero-order chi connectivity index (χ0) is 10.6. The Morgan fingerprint density at radius 3 is 2.71 bits per heavy atom. The molecule has 0 aromatic heterocycles. The van der Waals surface area contributed by atoms with Crippen molar-refractivity contribution < 1.29 is 9.53 Å². The average molecular weight is 199 g/mol. The Morgan fingerprint density at radius 1 is 1.43 bits per heavy atom. The van der Waals surface area contributed by atoms with E-state index in [9.17, 15) is 4.79 Å². The van der Waals surface area contributed by atoms with E-state index in [1.807, 2.05) is 6.92 Å². The normalized spacial score (nSPS) is 23.9. The number of ether oxygens (including phenoxy) is 1. The molecule has 1 saturated heterocycles. The molecule has 1 unspecified atom stereocenters. The average Bonchev–Trinajstić information content (AvgIpc) is 2.44. The van der Waals surface area contributed by atoms with Crippen LogP contribution in [-0.2, 0) is 9.53 Å². The van der Waals surface area contributed by atoms with Gasteiger partial charge in [-0.2, -0.15) is 0 Å². The third kappa shape index (κ3) is 2.34. The number of nitrogens with zero attached hydrogens (tertiary/aromatic N) is 1. The zero-order valence-electron chi connectivity index (χ0n) is 9.51. The number of hydrogen-bond acceptors (Lipinski definition) is 3. The summed E-state index contributed by atoms with van der Waals surface area (Å²) in [5.41, 5.74) is -0.284. The third-order valence-corrected chi connectivity index (χ3v) is 3.37. The highest BCUT2D eigenvalue weighted by Gasteiger charge is 2.34. The maximum Gasteiger partial charge on any atom is 0.149 e. The number of ketones is 1. The van der Waals surface area contributed by atoms with Crippen LogP contribution in [0.3, 0.4) is 0 Å². The minimum absolute atomic E-state index is 0.266. The third-order valence-electron chi connectivity index (χ3n) is 3.37. The summed E-state index contributed by atoms with van der Waals surface area (Å²) >= 11 is 0. The van der Waals surface area contributed by atoms with E-state index in [0.717, 1.165) is 39.1 Å². The van der Waals surface area contributed by atoms with Crippen LogP contribution in [0, 0.1) is 0 Å². The highest BCUT2D eigenvalue weighted by Crippen LogP contribution is 2.21. The van der Waals surface area contributed by atoms with E-state index in [-0.39, 0.29) is 11.3 Å². The van der Waals surface area contributed by atoms with Gasteiger partial charge in [0.2, 0.25) is 0 Å². The van der Waals surface area contributed by atoms with E-state index < -0.39 is 0 Å². The molecule has 0 saturated carbocycles. The lowest BCUT2D eigenvalue weighted by Gasteiger charge is -2.37. The maximum atomic E-state index is 11.6. The first-order valence-electron chi connectivity index (χ1n) is 5.45. The molecule has 0 amide bonds. The standard InChI is InChI=1S/C11H21NO2/c1-4-11(3,10(2)13)12-6-5-8-14-9-7-12/h4-9H2,1-3H3. The highest BCUT2D eigenvalue weighted by atomic mass is 16.5. The Labute approximate surface area is 86.4 Å². The van der Waals surface area contributed by atoms with Gasteiger partial charge in [0.1, 0.15) is 5.78 Å². The van der Waals surface area contributed by atoms with Gasteiger partial charge < -0.3 is 4.74 Å². The van der Waals surface area contributed by atoms with E-state index >= 15 is 0 Å². The second kappa shape index (κ2) is 4.89. The van der Waals surface area contributed by atoms with E-state index in [1.165, 1.54) is 0 Å². The van der Waals surface area contributed by atoms with Crippen molar-refractivity contribution in [3.8, 4) is 0 Å². The van der Waals surface area contributed by atoms with Gasteiger partial charge in [-0.3, -0.25) is 9.69 Å². The summed E-state index contributed by atoms with van der Waals surface area (Å²) in [6, 6.07) is 0. The number of carbonyl (C=O) groups is 1. The smallest absolute Gasteiger partial charge is 0.149 e. The van der Waals surface area contributed by atoms with Crippen molar-refractivity contribution in [3.63, 3.8) is 0 Å². The van der Waals surface area contributed by atoms with Crippen molar-refractivity contribution in [1.29, 1.82) is 0 Å². The minimum Gasteiger partial charge on any atom is -0.380 e. The molecule has 0 spiro atoms. The fourth-order valence-electron chi connectivity index (χ4n) is 1.93. The van der Waals surface area contributed by atoms with Crippen molar-refractivity contribution in [2.45, 2.75) is 39.2 Å². The summed E-state index contributed by atoms with van der Waals surface area (Å²) < 4.78 is 5.39. The first kappa shape index (κ1) is 11.7. The molecule has 0 aliphatic carbocycles. The van der Waals surface area contributed by atoms with Gasteiger partial charge >= 0.3 is 0 Å². The summed E-state index contributed by atoms with van der Waals surface area (Å²) in [6.07, 6.45) is 1.91. The lowest BCUT2D eigenvalue weighted by atomic mass is 9.91. The molecule has 1 rings (SSSR count). The molecule has 0 N–H and O–H groups in total. The number of hydrogen-bond donors (Lipinski definition) is 0. The SMILES string of the molecule is CCC(C)(C(C)=O)N1CCCOCC1. The van der Waals surface area contributed by atoms with Crippen molar-refractivity contribution in [1.82, 2.24) is 4.90 Å². The first-order chi connectivity index (χ1) is 6.61. The quantitative estimate of drug-likeness (QED) is 0.689. The number of carbonyl (C=O) groups excluding carboxylic acids is 1. The Morgan fingerprint density at radius 2 is 2.14 bits per heavy atom. The maximum absolute atomic E-state index is 11.6. The Bertz CT molecular complexity index is 197. The molecule has 82 valence electrons. The highest BCUT2D eigenvalue weighted by molar-refractivity contribution is 5.85. The molecular formula is C11H21NO2. The second-order valence-electron chi connectivity index (χ2n) is 4.14. The number of rotatable bonds is 3. The largest absolute Gasteiger partial charge is 0.380 e. The van der Waals surface area contributed by atoms with Crippen LogP contribution in [0.1, 0.15) is 33.6 Å². The molecule has 14 heavy (non-hydrogen) atoms. The molecule has 0 aromatic carbocycles. The summed E-state index contributed by atoms with van der Waals surface area (Å²) in [6.45, 7) is 9.24. The number of Topliss-reactive ketones (excluding diaryl/α,β-unsaturated/α-hetero) is 1. The minimum atomic E-state index is -0.284. The van der Waals surface area contributed by atoms with Gasteiger partial charge in [-0.15, -0.1) is 0 Å². The molecule has 1 fully saturated rings. The van der Waals surface area contributed by atoms with Crippen LogP contribution in [0.25, 0.3) is 0 Å². The van der Waals surface area contributed by atoms with Gasteiger partial charge in [0.25, 0.3) is 0 Å². The topological polar surface area (TPSA) is 29.5 Å². The van der Waals surface area contributed by atoms with Gasteiger partial charge in [0.15, 0.2) is 0 Å². The molecule has 3 heteroatoms. The fraction of sp³-hybridized carbons (Fsp3) is 0.909. The first-order valence-corrected chi connectivity index (χ1v) is 5.45. The molecule has 1 heterocycles. The van der Waals surface area contributed by atoms with Crippen LogP contribution in [0.2, 0.25) is 0 Å². The van der Waals surface area contributed by atoms with Crippen LogP contribution >= 0.6 is 0 Å². The monoisotopic (exact) mass is 199 g/mol. The van der Waals surface area contributed by atoms with Crippen LogP contribution in [0.15, 0.2) is 0 Å². The Balaban J connectivity index is 2.71. The van der Waals surface area contributed by atoms with Crippen molar-refractivity contribution >= 4 is 5.78 Å². The van der Waals surface area contributed by atoms with E-state index in [2.05, 4.69) is 11.8 Å². The van der Waals surface area contributed by atoms with Crippen molar-refractivity contribution in [3.05, 3.63) is 0 Å². The summed E-state index contributed by atoms with van der Waals surface area (Å²) in [4.78, 5) is 13.9. The van der Waals surface area contributed by atoms with Crippen molar-refractivity contribution in [2.75, 3.05) is 26.3 Å². The van der Waals surface area contributed by atoms with Crippen LogP contribution < -0.4 is 0 Å². The van der Waals surface area contributed by atoms with Crippen molar-refractivity contribution in [2.24, 2.45) is 0 Å². The summed E-state index contributed by atoms with van der Waals surface area (Å²) in [7, 11) is 0. The lowest BCUT2D eigenvalue weighted by Crippen LogP contribution is -2.52. The predicted molar refractivity (Wildman–Crippen MR) is 56.4 cm³/mol. The molecule has 3 nitrogen and oxygen atoms in total. The second-order valence-corrected chi connectivity index (χ2v) is 4.14. The predicted octanol–water partition coefficient (Wildman–Crippen LogP) is 1.47. The molecule has 0 radical (unpaired) electrons. The van der Waals surface area contributed by atoms with E-state index in [1.54, 1.807) is 6.92 Å². The lowest BCUT2D eigenvalue weighted by molar-refractivity contribution is -0.128. The molecule has 0 bridgehead atoms. The summed E-state index contributed by atoms with van der Waals surface area (Å²) in [5, 5.41) is 0.